The molecule has 0 aromatic heterocycles. The van der Waals surface area contributed by atoms with E-state index in [1.807, 2.05) is 0 Å². The molecule has 14 fully saturated rings. The third-order valence-corrected chi connectivity index (χ3v) is 21.1. The molecule has 0 aromatic carbocycles. The molecule has 0 amide bonds. The molecular weight excluding hydrogens is 995 g/mol. The number of hydrogen-bond donors (Lipinski definition) is 1. The molecule has 14 heterocycles. The molecule has 14 rings (SSSR count). The average Bonchev–Trinajstić information content (AvgIpc) is 4.28. The second-order valence-electron chi connectivity index (χ2n) is 26.5. The van der Waals surface area contributed by atoms with Crippen LogP contribution in [0.1, 0.15) is 150 Å². The Morgan fingerprint density at radius 2 is 1.22 bits per heavy atom. The first-order chi connectivity index (χ1) is 37.1. The number of carbonyl (C=O) groups is 1. The maximum atomic E-state index is 14.5. The first-order valence-corrected chi connectivity index (χ1v) is 30.0. The van der Waals surface area contributed by atoms with E-state index < -0.39 is 41.8 Å². The average molecular weight is 1080 g/mol. The summed E-state index contributed by atoms with van der Waals surface area (Å²) in [4.78, 5) is 17.4. The maximum absolute atomic E-state index is 14.5. The third kappa shape index (κ3) is 9.69. The molecule has 29 atom stereocenters. The molecule has 19 heteroatoms. The summed E-state index contributed by atoms with van der Waals surface area (Å²) in [6.45, 7) is 17.9. The van der Waals surface area contributed by atoms with Gasteiger partial charge in [-0.25, -0.2) is 0 Å². The Morgan fingerprint density at radius 1 is 0.545 bits per heavy atom. The fourth-order valence-corrected chi connectivity index (χ4v) is 17.4. The van der Waals surface area contributed by atoms with E-state index in [-0.39, 0.29) is 152 Å². The summed E-state index contributed by atoms with van der Waals surface area (Å²) in [7, 11) is 0. The summed E-state index contributed by atoms with van der Waals surface area (Å²) >= 11 is 0. The lowest BCUT2D eigenvalue weighted by Gasteiger charge is -2.54. The van der Waals surface area contributed by atoms with Gasteiger partial charge in [-0.2, -0.15) is 0 Å². The van der Waals surface area contributed by atoms with E-state index >= 15 is 0 Å². The van der Waals surface area contributed by atoms with Crippen molar-refractivity contribution in [2.45, 2.75) is 301 Å². The summed E-state index contributed by atoms with van der Waals surface area (Å²) in [5.74, 6) is -2.63. The predicted molar refractivity (Wildman–Crippen MR) is 271 cm³/mol. The molecule has 8 unspecified atom stereocenters. The first kappa shape index (κ1) is 52.8. The fourth-order valence-electron chi connectivity index (χ4n) is 17.4. The van der Waals surface area contributed by atoms with Crippen molar-refractivity contribution in [2.75, 3.05) is 6.54 Å². The fraction of sp³-hybridized carbons (Fsp3) is 0.914. The van der Waals surface area contributed by atoms with Gasteiger partial charge < -0.3 is 71.4 Å². The van der Waals surface area contributed by atoms with Gasteiger partial charge in [0.25, 0.3) is 0 Å². The van der Waals surface area contributed by atoms with Gasteiger partial charge in [-0.1, -0.05) is 46.0 Å². The standard InChI is InChI=1S/C58H83N3O16/c1-27-15-33-7-9-37-28(2)16-35(64-37)11-13-56-14-12-38(72-56)41-20-46(74-56)55-39(67-41)10-8-34(66-55)17-50(63)71-54-32(6)53-44(68-43(54)19-40(65-33)31(27)5)21-42-47(69-53)24-58(73-42)25-48-52(77-58)30(4)23-57(76-48)22-29(3)51-45(75-57)18-36(62)49(70-51)26-60-61-59/h27,29-30,32-49,51-55,62H,2,5,7-26H2,1,3-4,6H3/t27-,29+,30+,32+,33+,34-,35+,36-,37?,38?,39+,40?,41-,42-,43+,44+,45?,46-,47-,48?,49?,51?,52?,53+,54-,55+,56+,57-,58+/m1/s1. The molecule has 10 bridgehead atoms. The van der Waals surface area contributed by atoms with E-state index in [2.05, 4.69) is 50.9 Å². The molecule has 14 saturated heterocycles. The van der Waals surface area contributed by atoms with Crippen molar-refractivity contribution in [1.29, 1.82) is 0 Å². The maximum Gasteiger partial charge on any atom is 0.308 e. The van der Waals surface area contributed by atoms with Gasteiger partial charge in [0.05, 0.1) is 135 Å². The lowest BCUT2D eigenvalue weighted by Crippen LogP contribution is -2.62. The number of rotatable bonds is 2. The normalized spacial score (nSPS) is 56.1. The van der Waals surface area contributed by atoms with E-state index in [9.17, 15) is 9.90 Å². The number of carbonyl (C=O) groups excluding carboxylic acids is 1. The van der Waals surface area contributed by atoms with Crippen LogP contribution < -0.4 is 0 Å². The van der Waals surface area contributed by atoms with Crippen molar-refractivity contribution in [3.8, 4) is 0 Å². The van der Waals surface area contributed by atoms with E-state index in [1.165, 1.54) is 0 Å². The van der Waals surface area contributed by atoms with Crippen molar-refractivity contribution in [1.82, 2.24) is 0 Å². The van der Waals surface area contributed by atoms with Crippen LogP contribution in [0.25, 0.3) is 10.4 Å². The molecule has 426 valence electrons. The van der Waals surface area contributed by atoms with Crippen LogP contribution in [0.3, 0.4) is 0 Å². The second kappa shape index (κ2) is 20.2. The van der Waals surface area contributed by atoms with Crippen LogP contribution in [0, 0.1) is 23.7 Å². The Bertz CT molecular complexity index is 2330. The van der Waals surface area contributed by atoms with Gasteiger partial charge in [-0.05, 0) is 85.8 Å². The molecule has 1 N–H and O–H groups in total. The number of fused-ring (bicyclic) bond motifs is 13. The minimum Gasteiger partial charge on any atom is -0.459 e. The topological polar surface area (TPSA) is 215 Å². The van der Waals surface area contributed by atoms with E-state index in [0.717, 1.165) is 68.9 Å². The minimum absolute atomic E-state index is 0.00524. The van der Waals surface area contributed by atoms with E-state index in [1.54, 1.807) is 0 Å². The second-order valence-corrected chi connectivity index (χ2v) is 26.5. The van der Waals surface area contributed by atoms with Gasteiger partial charge in [0, 0.05) is 75.0 Å². The zero-order valence-corrected chi connectivity index (χ0v) is 45.5. The Kier molecular flexibility index (Phi) is 13.9. The van der Waals surface area contributed by atoms with Crippen LogP contribution in [0.2, 0.25) is 0 Å². The van der Waals surface area contributed by atoms with Crippen LogP contribution in [0.15, 0.2) is 29.4 Å². The predicted octanol–water partition coefficient (Wildman–Crippen LogP) is 7.51. The van der Waals surface area contributed by atoms with Gasteiger partial charge in [0.2, 0.25) is 0 Å². The molecular formula is C58H83N3O16. The van der Waals surface area contributed by atoms with Crippen molar-refractivity contribution in [3.05, 3.63) is 34.7 Å². The largest absolute Gasteiger partial charge is 0.459 e. The number of hydrogen-bond acceptors (Lipinski definition) is 17. The number of ether oxygens (including phenoxy) is 14. The van der Waals surface area contributed by atoms with Gasteiger partial charge >= 0.3 is 5.97 Å². The Hall–Kier alpha value is -2.30. The third-order valence-electron chi connectivity index (χ3n) is 21.1. The van der Waals surface area contributed by atoms with Crippen molar-refractivity contribution < 1.29 is 76.2 Å². The van der Waals surface area contributed by atoms with Crippen molar-refractivity contribution >= 4 is 5.97 Å². The quantitative estimate of drug-likeness (QED) is 0.0931. The van der Waals surface area contributed by atoms with Crippen molar-refractivity contribution in [3.63, 3.8) is 0 Å². The molecule has 77 heavy (non-hydrogen) atoms. The molecule has 14 aliphatic heterocycles. The van der Waals surface area contributed by atoms with Crippen LogP contribution in [-0.4, -0.2) is 169 Å². The van der Waals surface area contributed by atoms with E-state index in [0.29, 0.717) is 57.8 Å². The SMILES string of the molecule is C=C1C[C@@H]2CC[C@]34CCC(O3)[C@H]3C[C@@H](O4)[C@H]4O[C@H](CC[C@@H]4O3)CC(=O)O[C@@H]3[C@@H](C)[C@@H]4O[C@@H]5C[C@]6(CC7O[C@]8(C[C@H](C)C9OC(CN=[N+]=[N-])[C@H](O)CC9O8)C[C@H](C)C7O6)O[C@@H]5C[C@@H]4O[C@H]3CC3O[C@@H](CCC1O2)C[C@@H](C)C3=C. The Balaban J connectivity index is 0.686. The molecule has 3 spiro atoms. The molecule has 0 radical (unpaired) electrons. The van der Waals surface area contributed by atoms with Crippen LogP contribution >= 0.6 is 0 Å². The Morgan fingerprint density at radius 3 is 2.08 bits per heavy atom. The van der Waals surface area contributed by atoms with Crippen LogP contribution in [-0.2, 0) is 71.1 Å². The summed E-state index contributed by atoms with van der Waals surface area (Å²) in [5, 5.41) is 14.7. The monoisotopic (exact) mass is 1080 g/mol. The molecule has 0 aliphatic carbocycles. The summed E-state index contributed by atoms with van der Waals surface area (Å²) < 4.78 is 96.6. The molecule has 0 aromatic rings. The summed E-state index contributed by atoms with van der Waals surface area (Å²) in [6, 6.07) is 0. The highest BCUT2D eigenvalue weighted by Crippen LogP contribution is 2.56. The first-order valence-electron chi connectivity index (χ1n) is 30.0. The number of esters is 1. The number of aliphatic hydroxyl groups is 1. The van der Waals surface area contributed by atoms with Crippen LogP contribution in [0.4, 0.5) is 0 Å². The van der Waals surface area contributed by atoms with Crippen molar-refractivity contribution in [2.24, 2.45) is 28.8 Å². The summed E-state index contributed by atoms with van der Waals surface area (Å²) in [6.07, 6.45) is 6.45. The molecule has 0 saturated carbocycles. The van der Waals surface area contributed by atoms with Gasteiger partial charge in [0.15, 0.2) is 17.4 Å². The van der Waals surface area contributed by atoms with Crippen LogP contribution in [0.5, 0.6) is 0 Å². The zero-order valence-electron chi connectivity index (χ0n) is 45.5. The summed E-state index contributed by atoms with van der Waals surface area (Å²) in [5.41, 5.74) is 11.1. The number of azide groups is 1. The molecule has 19 nitrogen and oxygen atoms in total. The smallest absolute Gasteiger partial charge is 0.308 e. The highest BCUT2D eigenvalue weighted by atomic mass is 16.8. The van der Waals surface area contributed by atoms with Gasteiger partial charge in [-0.3, -0.25) is 4.79 Å². The molecule has 14 aliphatic rings. The van der Waals surface area contributed by atoms with Gasteiger partial charge in [0.1, 0.15) is 12.2 Å². The zero-order chi connectivity index (χ0) is 52.7. The highest BCUT2D eigenvalue weighted by molar-refractivity contribution is 5.70. The highest BCUT2D eigenvalue weighted by Gasteiger charge is 2.65. The van der Waals surface area contributed by atoms with Gasteiger partial charge in [-0.15, -0.1) is 0 Å². The number of aliphatic hydroxyl groups excluding tert-OH is 1. The van der Waals surface area contributed by atoms with E-state index in [4.69, 9.17) is 71.8 Å². The Labute approximate surface area is 452 Å². The lowest BCUT2D eigenvalue weighted by molar-refractivity contribution is -0.370. The lowest BCUT2D eigenvalue weighted by atomic mass is 9.78. The minimum atomic E-state index is -0.917. The number of nitrogens with zero attached hydrogens (tertiary/aromatic N) is 3.